The Kier molecular flexibility index (Phi) is 7.35. The van der Waals surface area contributed by atoms with Crippen molar-refractivity contribution in [1.29, 1.82) is 0 Å². The summed E-state index contributed by atoms with van der Waals surface area (Å²) in [6.45, 7) is 5.85. The molecule has 12 heteroatoms. The minimum absolute atomic E-state index is 0.168. The smallest absolute Gasteiger partial charge is 0.331 e. The summed E-state index contributed by atoms with van der Waals surface area (Å²) >= 11 is 0. The molecule has 1 aliphatic heterocycles. The minimum Gasteiger partial charge on any atom is -0.331 e. The van der Waals surface area contributed by atoms with Gasteiger partial charge in [-0.3, -0.25) is 14.1 Å². The number of aromatic amines is 1. The quantitative estimate of drug-likeness (QED) is 0.297. The van der Waals surface area contributed by atoms with Gasteiger partial charge in [0.05, 0.1) is 5.56 Å². The predicted molar refractivity (Wildman–Crippen MR) is 146 cm³/mol. The number of halogens is 3. The van der Waals surface area contributed by atoms with E-state index in [4.69, 9.17) is 0 Å². The summed E-state index contributed by atoms with van der Waals surface area (Å²) in [5, 5.41) is 14.1. The summed E-state index contributed by atoms with van der Waals surface area (Å²) < 4.78 is 46.5. The lowest BCUT2D eigenvalue weighted by molar-refractivity contribution is -0.137. The largest absolute Gasteiger partial charge is 0.419 e. The fourth-order valence-corrected chi connectivity index (χ4v) is 5.23. The van der Waals surface area contributed by atoms with Gasteiger partial charge in [0, 0.05) is 54.1 Å². The number of nitrogens with zero attached hydrogens (tertiary/aromatic N) is 7. The number of unbranched alkanes of at least 4 members (excludes halogenated alkanes) is 1. The molecular formula is C28H31F3N8O. The van der Waals surface area contributed by atoms with Gasteiger partial charge in [0.1, 0.15) is 5.82 Å². The van der Waals surface area contributed by atoms with Crippen molar-refractivity contribution in [2.75, 3.05) is 0 Å². The highest BCUT2D eigenvalue weighted by Crippen LogP contribution is 2.37. The molecule has 0 saturated carbocycles. The summed E-state index contributed by atoms with van der Waals surface area (Å²) in [6, 6.07) is 8.47. The highest BCUT2D eigenvalue weighted by atomic mass is 19.4. The summed E-state index contributed by atoms with van der Waals surface area (Å²) in [7, 11) is 0. The number of rotatable bonds is 9. The number of aromatic nitrogens is 7. The number of hydrogen-bond acceptors (Lipinski definition) is 5. The zero-order valence-corrected chi connectivity index (χ0v) is 22.6. The van der Waals surface area contributed by atoms with Crippen LogP contribution in [0.3, 0.4) is 0 Å². The Labute approximate surface area is 229 Å². The second-order valence-corrected chi connectivity index (χ2v) is 10.4. The number of nitrogens with one attached hydrogen (secondary N) is 1. The first-order valence-corrected chi connectivity index (χ1v) is 13.3. The lowest BCUT2D eigenvalue weighted by Gasteiger charge is -2.32. The molecule has 1 aromatic carbocycles. The third-order valence-electron chi connectivity index (χ3n) is 7.36. The second kappa shape index (κ2) is 10.7. The Morgan fingerprint density at radius 2 is 2.02 bits per heavy atom. The molecule has 1 aliphatic rings. The van der Waals surface area contributed by atoms with Crippen LogP contribution in [0.25, 0.3) is 17.2 Å². The number of hydrogen-bond donors (Lipinski definition) is 1. The maximum Gasteiger partial charge on any atom is 0.419 e. The Balaban J connectivity index is 1.66. The molecule has 0 aliphatic carbocycles. The van der Waals surface area contributed by atoms with Gasteiger partial charge in [-0.05, 0) is 61.2 Å². The van der Waals surface area contributed by atoms with Crippen LogP contribution in [0.1, 0.15) is 62.9 Å². The van der Waals surface area contributed by atoms with Crippen molar-refractivity contribution in [3.8, 4) is 17.2 Å². The number of alkyl halides is 3. The zero-order valence-electron chi connectivity index (χ0n) is 22.6. The first-order valence-electron chi connectivity index (χ1n) is 13.3. The molecule has 0 saturated heterocycles. The fraction of sp³-hybridized carbons (Fsp3) is 0.393. The maximum atomic E-state index is 14.1. The Hall–Kier alpha value is -4.22. The molecule has 0 amide bonds. The molecule has 5 rings (SSSR count). The topological polar surface area (TPSA) is 98.7 Å². The van der Waals surface area contributed by atoms with E-state index in [0.717, 1.165) is 30.0 Å². The number of imidazole rings is 1. The Morgan fingerprint density at radius 1 is 1.20 bits per heavy atom. The van der Waals surface area contributed by atoms with Crippen molar-refractivity contribution in [2.45, 2.75) is 70.6 Å². The van der Waals surface area contributed by atoms with Crippen molar-refractivity contribution in [3.05, 3.63) is 82.3 Å². The molecule has 1 N–H and O–H groups in total. The lowest BCUT2D eigenvalue weighted by Crippen LogP contribution is -2.37. The van der Waals surface area contributed by atoms with Crippen molar-refractivity contribution in [1.82, 2.24) is 34.3 Å². The van der Waals surface area contributed by atoms with Crippen LogP contribution in [0.2, 0.25) is 0 Å². The first-order chi connectivity index (χ1) is 19.1. The van der Waals surface area contributed by atoms with Gasteiger partial charge in [0.2, 0.25) is 0 Å². The molecule has 1 atom stereocenters. The molecule has 0 spiro atoms. The van der Waals surface area contributed by atoms with Crippen LogP contribution in [0.5, 0.6) is 0 Å². The van der Waals surface area contributed by atoms with Gasteiger partial charge < -0.3 is 4.57 Å². The van der Waals surface area contributed by atoms with Gasteiger partial charge in [0.25, 0.3) is 0 Å². The molecule has 4 aromatic rings. The van der Waals surface area contributed by atoms with Crippen LogP contribution in [-0.2, 0) is 24.6 Å². The van der Waals surface area contributed by atoms with E-state index in [2.05, 4.69) is 25.6 Å². The van der Waals surface area contributed by atoms with Crippen molar-refractivity contribution >= 4 is 6.21 Å². The second-order valence-electron chi connectivity index (χ2n) is 10.4. The fourth-order valence-electron chi connectivity index (χ4n) is 5.23. The highest BCUT2D eigenvalue weighted by molar-refractivity contribution is 5.65. The van der Waals surface area contributed by atoms with Gasteiger partial charge in [0.15, 0.2) is 5.82 Å². The molecule has 9 nitrogen and oxygen atoms in total. The van der Waals surface area contributed by atoms with Gasteiger partial charge in [-0.25, -0.2) is 9.89 Å². The van der Waals surface area contributed by atoms with Crippen molar-refractivity contribution in [2.24, 2.45) is 4.99 Å². The van der Waals surface area contributed by atoms with Crippen molar-refractivity contribution in [3.63, 3.8) is 0 Å². The number of H-pyrrole nitrogens is 1. The highest BCUT2D eigenvalue weighted by Gasteiger charge is 2.38. The number of aliphatic imine (C=N–C) groups is 1. The van der Waals surface area contributed by atoms with Crippen LogP contribution in [0.15, 0.2) is 64.8 Å². The van der Waals surface area contributed by atoms with E-state index < -0.39 is 22.8 Å². The Bertz CT molecular complexity index is 1590. The molecule has 40 heavy (non-hydrogen) atoms. The number of tetrazole rings is 1. The minimum atomic E-state index is -4.61. The normalized spacial score (nSPS) is 17.3. The van der Waals surface area contributed by atoms with E-state index in [-0.39, 0.29) is 18.4 Å². The molecular weight excluding hydrogens is 521 g/mol. The van der Waals surface area contributed by atoms with Crippen LogP contribution >= 0.6 is 0 Å². The van der Waals surface area contributed by atoms with Gasteiger partial charge in [-0.15, -0.1) is 5.10 Å². The average Bonchev–Trinajstić information content (AvgIpc) is 3.68. The summed E-state index contributed by atoms with van der Waals surface area (Å²) in [5.74, 6) is 0.338. The van der Waals surface area contributed by atoms with Crippen LogP contribution in [0, 0.1) is 0 Å². The standard InChI is InChI=1S/C28H31F3N8O/c1-4-5-9-22-17-38(25-23(28(29,30)31)10-15-37(25)19(2)3)26(40)39(22)18-27(11-13-32-14-12-27)21-8-6-7-20(16-21)24-33-35-36-34-24/h6-8,10-11,13-17,19H,4-5,9,12,18H2,1-3H3,(H,33,34,35,36). The third kappa shape index (κ3) is 5.05. The molecule has 210 valence electrons. The van der Waals surface area contributed by atoms with Gasteiger partial charge in [-0.2, -0.15) is 13.2 Å². The molecule has 0 fully saturated rings. The van der Waals surface area contributed by atoms with Crippen LogP contribution < -0.4 is 5.69 Å². The number of benzene rings is 1. The van der Waals surface area contributed by atoms with E-state index in [9.17, 15) is 18.0 Å². The summed E-state index contributed by atoms with van der Waals surface area (Å²) in [6.07, 6.45) is 6.53. The van der Waals surface area contributed by atoms with Crippen LogP contribution in [0.4, 0.5) is 13.2 Å². The van der Waals surface area contributed by atoms with E-state index in [1.165, 1.54) is 15.3 Å². The summed E-state index contributed by atoms with van der Waals surface area (Å²) in [5.41, 5.74) is 0.348. The van der Waals surface area contributed by atoms with E-state index in [1.807, 2.05) is 37.3 Å². The zero-order chi connectivity index (χ0) is 28.5. The predicted octanol–water partition coefficient (Wildman–Crippen LogP) is 5.49. The first kappa shape index (κ1) is 27.4. The molecule has 1 unspecified atom stereocenters. The Morgan fingerprint density at radius 3 is 2.67 bits per heavy atom. The molecule has 3 aromatic heterocycles. The number of allylic oxidation sites excluding steroid dienone is 1. The SMILES string of the molecule is CCCCc1cn(-c2c(C(F)(F)F)ccn2C(C)C)c(=O)n1CC1(c2cccc(-c3nnn[nH]3)c2)C=CN=CC1. The third-order valence-corrected chi connectivity index (χ3v) is 7.36. The lowest BCUT2D eigenvalue weighted by atomic mass is 9.76. The number of aryl methyl sites for hydroxylation is 1. The molecule has 0 radical (unpaired) electrons. The van der Waals surface area contributed by atoms with Gasteiger partial charge in [-0.1, -0.05) is 37.6 Å². The summed E-state index contributed by atoms with van der Waals surface area (Å²) in [4.78, 5) is 18.3. The maximum absolute atomic E-state index is 14.1. The van der Waals surface area contributed by atoms with E-state index in [0.29, 0.717) is 24.4 Å². The van der Waals surface area contributed by atoms with Crippen LogP contribution in [-0.4, -0.2) is 40.5 Å². The van der Waals surface area contributed by atoms with Crippen molar-refractivity contribution < 1.29 is 13.2 Å². The van der Waals surface area contributed by atoms with E-state index >= 15 is 0 Å². The average molecular weight is 553 g/mol. The van der Waals surface area contributed by atoms with E-state index in [1.54, 1.807) is 37.0 Å². The molecule has 4 heterocycles. The van der Waals surface area contributed by atoms with Gasteiger partial charge >= 0.3 is 11.9 Å². The molecule has 0 bridgehead atoms. The monoisotopic (exact) mass is 552 g/mol.